The Kier molecular flexibility index (Phi) is 7.83. The molecule has 0 saturated carbocycles. The largest absolute Gasteiger partial charge is 2.00 e. The van der Waals surface area contributed by atoms with E-state index in [9.17, 15) is 0 Å². The van der Waals surface area contributed by atoms with Gasteiger partial charge in [-0.25, -0.2) is 0 Å². The van der Waals surface area contributed by atoms with E-state index in [1.807, 2.05) is 6.42 Å². The molecule has 1 saturated heterocycles. The van der Waals surface area contributed by atoms with Crippen LogP contribution in [-0.2, 0) is 0 Å². The maximum atomic E-state index is 7.79. The zero-order chi connectivity index (χ0) is 10.6. The first-order valence-corrected chi connectivity index (χ1v) is 5.61. The van der Waals surface area contributed by atoms with Crippen LogP contribution in [0.3, 0.4) is 0 Å². The summed E-state index contributed by atoms with van der Waals surface area (Å²) in [4.78, 5) is 2.17. The van der Waals surface area contributed by atoms with Gasteiger partial charge in [0.1, 0.15) is 0 Å². The average Bonchev–Trinajstić information content (AvgIpc) is 2.18. The number of rotatable bonds is 3. The molecular formula is C12H22N2U. The van der Waals surface area contributed by atoms with Crippen LogP contribution in [0.25, 0.3) is 0 Å². The van der Waals surface area contributed by atoms with Gasteiger partial charge in [0.25, 0.3) is 0 Å². The van der Waals surface area contributed by atoms with Gasteiger partial charge in [0, 0.05) is 13.1 Å². The van der Waals surface area contributed by atoms with Crippen molar-refractivity contribution < 1.29 is 31.1 Å². The molecule has 1 N–H and O–H groups in total. The molecule has 0 aromatic carbocycles. The van der Waals surface area contributed by atoms with Gasteiger partial charge < -0.3 is 23.7 Å². The first kappa shape index (κ1) is 15.4. The van der Waals surface area contributed by atoms with Crippen molar-refractivity contribution >= 4 is 5.84 Å². The van der Waals surface area contributed by atoms with Crippen molar-refractivity contribution in [1.29, 1.82) is 5.41 Å². The molecule has 0 aromatic rings. The Morgan fingerprint density at radius 1 is 1.47 bits per heavy atom. The van der Waals surface area contributed by atoms with Crippen LogP contribution < -0.4 is 0 Å². The third-order valence-electron chi connectivity index (χ3n) is 3.16. The van der Waals surface area contributed by atoms with Crippen LogP contribution in [0.2, 0.25) is 0 Å². The van der Waals surface area contributed by atoms with Gasteiger partial charge in [0.15, 0.2) is 0 Å². The fourth-order valence-corrected chi connectivity index (χ4v) is 2.07. The molecule has 84 valence electrons. The van der Waals surface area contributed by atoms with Crippen LogP contribution in [0, 0.1) is 61.7 Å². The third-order valence-corrected chi connectivity index (χ3v) is 3.16. The zero-order valence-corrected chi connectivity index (χ0v) is 14.1. The van der Waals surface area contributed by atoms with Gasteiger partial charge in [0.05, 0.1) is 0 Å². The summed E-state index contributed by atoms with van der Waals surface area (Å²) in [5.41, 5.74) is 0. The summed E-state index contributed by atoms with van der Waals surface area (Å²) in [6.07, 6.45) is 5.11. The predicted molar refractivity (Wildman–Crippen MR) is 61.1 cm³/mol. The molecule has 0 atom stereocenters. The van der Waals surface area contributed by atoms with Gasteiger partial charge in [-0.2, -0.15) is 0 Å². The normalized spacial score (nSPS) is 17.5. The van der Waals surface area contributed by atoms with Crippen LogP contribution in [-0.4, -0.2) is 23.8 Å². The fourth-order valence-electron chi connectivity index (χ4n) is 2.07. The van der Waals surface area contributed by atoms with Gasteiger partial charge in [-0.1, -0.05) is 13.8 Å². The van der Waals surface area contributed by atoms with Crippen molar-refractivity contribution in [2.45, 2.75) is 33.1 Å². The van der Waals surface area contributed by atoms with Crippen LogP contribution in [0.1, 0.15) is 33.1 Å². The number of hydrogen-bond donors (Lipinski definition) is 1. The summed E-state index contributed by atoms with van der Waals surface area (Å²) in [7, 11) is 0. The minimum atomic E-state index is 0. The zero-order valence-electron chi connectivity index (χ0n) is 9.92. The topological polar surface area (TPSA) is 27.1 Å². The van der Waals surface area contributed by atoms with Gasteiger partial charge in [-0.05, 0) is 30.5 Å². The van der Waals surface area contributed by atoms with Gasteiger partial charge in [0.2, 0.25) is 0 Å². The summed E-state index contributed by atoms with van der Waals surface area (Å²) in [5.74, 6) is 2.32. The van der Waals surface area contributed by atoms with E-state index in [1.165, 1.54) is 12.8 Å². The number of likely N-dealkylation sites (tertiary alicyclic amines) is 1. The Bertz CT molecular complexity index is 184. The predicted octanol–water partition coefficient (Wildman–Crippen LogP) is 2.76. The summed E-state index contributed by atoms with van der Waals surface area (Å²) >= 11 is 0. The molecule has 0 radical (unpaired) electrons. The van der Waals surface area contributed by atoms with Crippen LogP contribution >= 0.6 is 0 Å². The van der Waals surface area contributed by atoms with Gasteiger partial charge in [-0.3, -0.25) is 6.42 Å². The third kappa shape index (κ3) is 4.83. The van der Waals surface area contributed by atoms with E-state index in [1.54, 1.807) is 0 Å². The maximum absolute atomic E-state index is 7.79. The van der Waals surface area contributed by atoms with E-state index in [4.69, 9.17) is 5.41 Å². The number of hydrogen-bond acceptors (Lipinski definition) is 1. The molecule has 1 heterocycles. The van der Waals surface area contributed by atoms with Crippen LogP contribution in [0.4, 0.5) is 0 Å². The maximum Gasteiger partial charge on any atom is 2.00 e. The number of nitrogens with zero attached hydrogens (tertiary/aromatic N) is 1. The second-order valence-electron chi connectivity index (χ2n) is 4.45. The van der Waals surface area contributed by atoms with Crippen LogP contribution in [0.5, 0.6) is 0 Å². The monoisotopic (exact) mass is 432 g/mol. The quantitative estimate of drug-likeness (QED) is 0.415. The van der Waals surface area contributed by atoms with E-state index in [0.717, 1.165) is 31.3 Å². The molecule has 2 nitrogen and oxygen atoms in total. The smallest absolute Gasteiger partial charge is 0.386 e. The first-order valence-electron chi connectivity index (χ1n) is 5.61. The van der Waals surface area contributed by atoms with E-state index in [0.29, 0.717) is 5.84 Å². The SMILES string of the molecule is [CH2-]C[CH-]C(=N)N1CCC(C(C)C)CC1.[U+2]. The molecule has 1 aliphatic rings. The second-order valence-corrected chi connectivity index (χ2v) is 4.45. The first-order chi connectivity index (χ1) is 6.65. The molecule has 0 amide bonds. The molecule has 0 aliphatic carbocycles. The van der Waals surface area contributed by atoms with E-state index < -0.39 is 0 Å². The standard InChI is InChI=1S/C12H22N2.U/c1-4-5-12(13)14-8-6-11(7-9-14)10(2)3;/h5,10-11,13H,1,4,6-9H2,2-3H3;/q-2;+2. The Hall–Kier alpha value is 0.392. The Morgan fingerprint density at radius 2 is 2.00 bits per heavy atom. The van der Waals surface area contributed by atoms with Crippen molar-refractivity contribution in [3.63, 3.8) is 0 Å². The van der Waals surface area contributed by atoms with Crippen molar-refractivity contribution in [2.75, 3.05) is 13.1 Å². The molecule has 0 bridgehead atoms. The van der Waals surface area contributed by atoms with Crippen molar-refractivity contribution in [2.24, 2.45) is 11.8 Å². The van der Waals surface area contributed by atoms with Crippen molar-refractivity contribution in [1.82, 2.24) is 4.90 Å². The minimum absolute atomic E-state index is 0. The Morgan fingerprint density at radius 3 is 2.40 bits per heavy atom. The van der Waals surface area contributed by atoms with Gasteiger partial charge in [-0.15, -0.1) is 0 Å². The number of nitrogens with one attached hydrogen (secondary N) is 1. The number of piperidine rings is 1. The average molecular weight is 432 g/mol. The summed E-state index contributed by atoms with van der Waals surface area (Å²) in [6.45, 7) is 10.4. The molecule has 1 aliphatic heterocycles. The van der Waals surface area contributed by atoms with E-state index in [-0.39, 0.29) is 31.1 Å². The van der Waals surface area contributed by atoms with Crippen molar-refractivity contribution in [3.05, 3.63) is 13.3 Å². The second kappa shape index (κ2) is 7.63. The van der Waals surface area contributed by atoms with Crippen molar-refractivity contribution in [3.8, 4) is 0 Å². The summed E-state index contributed by atoms with van der Waals surface area (Å²) < 4.78 is 0. The number of amidine groups is 1. The van der Waals surface area contributed by atoms with E-state index >= 15 is 0 Å². The summed E-state index contributed by atoms with van der Waals surface area (Å²) in [5, 5.41) is 7.79. The molecule has 1 rings (SSSR count). The molecular weight excluding hydrogens is 410 g/mol. The molecule has 1 fully saturated rings. The molecule has 3 heteroatoms. The van der Waals surface area contributed by atoms with E-state index in [2.05, 4.69) is 25.7 Å². The minimum Gasteiger partial charge on any atom is -0.386 e. The van der Waals surface area contributed by atoms with Gasteiger partial charge >= 0.3 is 31.1 Å². The Labute approximate surface area is 118 Å². The molecule has 15 heavy (non-hydrogen) atoms. The summed E-state index contributed by atoms with van der Waals surface area (Å²) in [6, 6.07) is 0. The van der Waals surface area contributed by atoms with Crippen LogP contribution in [0.15, 0.2) is 0 Å². The molecule has 0 unspecified atom stereocenters. The Balaban J connectivity index is 0.00000196. The fraction of sp³-hybridized carbons (Fsp3) is 0.750. The molecule has 0 aromatic heterocycles. The molecule has 0 spiro atoms.